The van der Waals surface area contributed by atoms with Gasteiger partial charge < -0.3 is 10.7 Å². The van der Waals surface area contributed by atoms with Gasteiger partial charge in [0.1, 0.15) is 11.2 Å². The van der Waals surface area contributed by atoms with Gasteiger partial charge in [0.15, 0.2) is 10.8 Å². The molecule has 0 aliphatic heterocycles. The number of rotatable bonds is 3. The Balaban J connectivity index is 1.49. The van der Waals surface area contributed by atoms with Gasteiger partial charge in [-0.2, -0.15) is 5.10 Å². The molecule has 2 atom stereocenters. The number of anilines is 1. The smallest absolute Gasteiger partial charge is 0.262 e. The Bertz CT molecular complexity index is 1080. The zero-order valence-electron chi connectivity index (χ0n) is 15.1. The molecule has 3 heterocycles. The fourth-order valence-corrected chi connectivity index (χ4v) is 4.94. The summed E-state index contributed by atoms with van der Waals surface area (Å²) in [4.78, 5) is 24.6. The largest absolute Gasteiger partial charge is 0.375 e. The lowest BCUT2D eigenvalue weighted by Crippen LogP contribution is -2.28. The Morgan fingerprint density at radius 1 is 1.18 bits per heavy atom. The number of aromatic nitrogens is 5. The molecule has 3 N–H and O–H groups in total. The van der Waals surface area contributed by atoms with Crippen LogP contribution >= 0.6 is 11.3 Å². The van der Waals surface area contributed by atoms with Crippen molar-refractivity contribution in [2.45, 2.75) is 62.3 Å². The van der Waals surface area contributed by atoms with Crippen molar-refractivity contribution in [3.63, 3.8) is 0 Å². The van der Waals surface area contributed by atoms with E-state index < -0.39 is 5.92 Å². The molecule has 0 bridgehead atoms. The standard InChI is InChI=1S/C18H20F2N6OS/c19-18(20)5-3-9(4-6-18)26-15-12(7-22-26)16(27)25-14(24-15)11-2-1-10(11)13-8-28-17(21)23-13/h7-11H,1-6H2,(H2,21,23)(H,24,25,27)/t10-,11+/m1/s1. The molecule has 3 aromatic rings. The van der Waals surface area contributed by atoms with Gasteiger partial charge in [-0.1, -0.05) is 0 Å². The molecule has 3 aromatic heterocycles. The van der Waals surface area contributed by atoms with Crippen molar-refractivity contribution in [2.75, 3.05) is 5.73 Å². The lowest BCUT2D eigenvalue weighted by Gasteiger charge is -2.34. The van der Waals surface area contributed by atoms with Gasteiger partial charge in [-0.05, 0) is 25.7 Å². The van der Waals surface area contributed by atoms with E-state index in [9.17, 15) is 13.6 Å². The van der Waals surface area contributed by atoms with Crippen molar-refractivity contribution in [1.29, 1.82) is 0 Å². The zero-order valence-corrected chi connectivity index (χ0v) is 15.9. The molecule has 0 radical (unpaired) electrons. The van der Waals surface area contributed by atoms with Gasteiger partial charge >= 0.3 is 0 Å². The van der Waals surface area contributed by atoms with Crippen LogP contribution < -0.4 is 11.3 Å². The summed E-state index contributed by atoms with van der Waals surface area (Å²) >= 11 is 1.41. The topological polar surface area (TPSA) is 102 Å². The van der Waals surface area contributed by atoms with Gasteiger partial charge in [-0.3, -0.25) is 4.79 Å². The predicted octanol–water partition coefficient (Wildman–Crippen LogP) is 3.57. The molecule has 2 saturated carbocycles. The van der Waals surface area contributed by atoms with E-state index in [1.54, 1.807) is 4.68 Å². The minimum atomic E-state index is -2.61. The third-order valence-electron chi connectivity index (χ3n) is 6.06. The quantitative estimate of drug-likeness (QED) is 0.692. The number of nitrogens with zero attached hydrogens (tertiary/aromatic N) is 4. The number of fused-ring (bicyclic) bond motifs is 1. The Kier molecular flexibility index (Phi) is 4.01. The third kappa shape index (κ3) is 2.90. The molecule has 148 valence electrons. The van der Waals surface area contributed by atoms with E-state index in [1.807, 2.05) is 5.38 Å². The molecule has 10 heteroatoms. The van der Waals surface area contributed by atoms with Crippen molar-refractivity contribution in [3.05, 3.63) is 33.4 Å². The second kappa shape index (κ2) is 6.33. The molecule has 0 amide bonds. The maximum Gasteiger partial charge on any atom is 0.262 e. The van der Waals surface area contributed by atoms with Crippen LogP contribution in [0.3, 0.4) is 0 Å². The highest BCUT2D eigenvalue weighted by molar-refractivity contribution is 7.13. The van der Waals surface area contributed by atoms with E-state index in [0.29, 0.717) is 34.8 Å². The highest BCUT2D eigenvalue weighted by Gasteiger charge is 2.38. The van der Waals surface area contributed by atoms with Crippen LogP contribution in [0, 0.1) is 0 Å². The molecule has 0 unspecified atom stereocenters. The molecule has 0 saturated heterocycles. The van der Waals surface area contributed by atoms with Gasteiger partial charge in [-0.15, -0.1) is 11.3 Å². The first-order valence-electron chi connectivity index (χ1n) is 9.47. The Morgan fingerprint density at radius 3 is 2.57 bits per heavy atom. The second-order valence-corrected chi connectivity index (χ2v) is 8.66. The first-order chi connectivity index (χ1) is 13.4. The molecule has 28 heavy (non-hydrogen) atoms. The SMILES string of the molecule is Nc1nc([C@@H]2CC[C@@H]2c2nc3c(cnn3C3CCC(F)(F)CC3)c(=O)[nH]2)cs1. The number of hydrogen-bond donors (Lipinski definition) is 2. The van der Waals surface area contributed by atoms with Crippen molar-refractivity contribution < 1.29 is 8.78 Å². The molecule has 0 spiro atoms. The molecule has 0 aromatic carbocycles. The van der Waals surface area contributed by atoms with E-state index in [2.05, 4.69) is 15.1 Å². The normalized spacial score (nSPS) is 25.1. The number of hydrogen-bond acceptors (Lipinski definition) is 6. The van der Waals surface area contributed by atoms with Gasteiger partial charge in [0.05, 0.1) is 17.9 Å². The molecular formula is C18H20F2N6OS. The molecule has 2 fully saturated rings. The summed E-state index contributed by atoms with van der Waals surface area (Å²) in [6.45, 7) is 0. The first kappa shape index (κ1) is 17.7. The lowest BCUT2D eigenvalue weighted by atomic mass is 9.71. The number of thiazole rings is 1. The summed E-state index contributed by atoms with van der Waals surface area (Å²) in [5.74, 6) is -1.75. The number of aromatic amines is 1. The summed E-state index contributed by atoms with van der Waals surface area (Å²) in [6.07, 6.45) is 3.69. The number of nitrogens with two attached hydrogens (primary N) is 1. The van der Waals surface area contributed by atoms with Crippen LogP contribution in [-0.2, 0) is 0 Å². The minimum absolute atomic E-state index is 0.0673. The third-order valence-corrected chi connectivity index (χ3v) is 6.75. The molecule has 2 aliphatic rings. The maximum absolute atomic E-state index is 13.5. The Morgan fingerprint density at radius 2 is 1.93 bits per heavy atom. The van der Waals surface area contributed by atoms with Crippen molar-refractivity contribution in [3.8, 4) is 0 Å². The fourth-order valence-electron chi connectivity index (χ4n) is 4.32. The van der Waals surface area contributed by atoms with E-state index in [4.69, 9.17) is 10.7 Å². The number of halogens is 2. The molecule has 7 nitrogen and oxygen atoms in total. The van der Waals surface area contributed by atoms with Crippen LogP contribution in [0.2, 0.25) is 0 Å². The van der Waals surface area contributed by atoms with E-state index in [-0.39, 0.29) is 36.3 Å². The van der Waals surface area contributed by atoms with Crippen LogP contribution in [0.25, 0.3) is 11.0 Å². The first-order valence-corrected chi connectivity index (χ1v) is 10.4. The van der Waals surface area contributed by atoms with Crippen LogP contribution in [0.1, 0.15) is 67.9 Å². The summed E-state index contributed by atoms with van der Waals surface area (Å²) in [5.41, 5.74) is 6.93. The second-order valence-electron chi connectivity index (χ2n) is 7.77. The maximum atomic E-state index is 13.5. The average Bonchev–Trinajstić information content (AvgIpc) is 3.21. The minimum Gasteiger partial charge on any atom is -0.375 e. The van der Waals surface area contributed by atoms with Crippen molar-refractivity contribution in [1.82, 2.24) is 24.7 Å². The highest BCUT2D eigenvalue weighted by Crippen LogP contribution is 2.48. The number of nitrogen functional groups attached to an aromatic ring is 1. The molecule has 5 rings (SSSR count). The van der Waals surface area contributed by atoms with E-state index >= 15 is 0 Å². The van der Waals surface area contributed by atoms with E-state index in [0.717, 1.165) is 18.5 Å². The van der Waals surface area contributed by atoms with Gasteiger partial charge in [0, 0.05) is 30.1 Å². The van der Waals surface area contributed by atoms with E-state index in [1.165, 1.54) is 17.5 Å². The molecular weight excluding hydrogens is 386 g/mol. The fraction of sp³-hybridized carbons (Fsp3) is 0.556. The van der Waals surface area contributed by atoms with Crippen molar-refractivity contribution >= 4 is 27.5 Å². The average molecular weight is 406 g/mol. The van der Waals surface area contributed by atoms with Crippen LogP contribution in [0.5, 0.6) is 0 Å². The molecule has 2 aliphatic carbocycles. The van der Waals surface area contributed by atoms with Crippen LogP contribution in [0.4, 0.5) is 13.9 Å². The number of nitrogens with one attached hydrogen (secondary N) is 1. The highest BCUT2D eigenvalue weighted by atomic mass is 32.1. The zero-order chi connectivity index (χ0) is 19.5. The van der Waals surface area contributed by atoms with Crippen LogP contribution in [0.15, 0.2) is 16.4 Å². The summed E-state index contributed by atoms with van der Waals surface area (Å²) in [5, 5.41) is 7.20. The number of H-pyrrole nitrogens is 1. The van der Waals surface area contributed by atoms with Gasteiger partial charge in [0.25, 0.3) is 5.56 Å². The van der Waals surface area contributed by atoms with Crippen LogP contribution in [-0.4, -0.2) is 30.7 Å². The monoisotopic (exact) mass is 406 g/mol. The van der Waals surface area contributed by atoms with Crippen molar-refractivity contribution in [2.24, 2.45) is 0 Å². The van der Waals surface area contributed by atoms with Gasteiger partial charge in [-0.25, -0.2) is 23.4 Å². The summed E-state index contributed by atoms with van der Waals surface area (Å²) in [7, 11) is 0. The Labute approximate surface area is 163 Å². The lowest BCUT2D eigenvalue weighted by molar-refractivity contribution is -0.0446. The van der Waals surface area contributed by atoms with Gasteiger partial charge in [0.2, 0.25) is 5.92 Å². The predicted molar refractivity (Wildman–Crippen MR) is 102 cm³/mol. The number of alkyl halides is 2. The summed E-state index contributed by atoms with van der Waals surface area (Å²) < 4.78 is 28.7. The Hall–Kier alpha value is -2.36. The summed E-state index contributed by atoms with van der Waals surface area (Å²) in [6, 6.07) is -0.158.